The predicted octanol–water partition coefficient (Wildman–Crippen LogP) is 1.90. The smallest absolute Gasteiger partial charge is 0.0911 e. The van der Waals surface area contributed by atoms with Gasteiger partial charge in [0.25, 0.3) is 0 Å². The van der Waals surface area contributed by atoms with Gasteiger partial charge in [-0.25, -0.2) is 0 Å². The van der Waals surface area contributed by atoms with Gasteiger partial charge in [0.05, 0.1) is 5.84 Å². The molecule has 3 fully saturated rings. The second kappa shape index (κ2) is 6.02. The van der Waals surface area contributed by atoms with Crippen LogP contribution in [0, 0.1) is 16.7 Å². The third-order valence-corrected chi connectivity index (χ3v) is 5.50. The van der Waals surface area contributed by atoms with Crippen molar-refractivity contribution in [3.63, 3.8) is 0 Å². The van der Waals surface area contributed by atoms with Crippen molar-refractivity contribution in [1.82, 2.24) is 9.80 Å². The topological polar surface area (TPSA) is 56.4 Å². The summed E-state index contributed by atoms with van der Waals surface area (Å²) in [5.74, 6) is 1.30. The maximum Gasteiger partial charge on any atom is 0.0911 e. The molecule has 3 N–H and O–H groups in total. The Labute approximate surface area is 123 Å². The molecule has 3 aliphatic rings. The number of nitrogens with zero attached hydrogens (tertiary/aromatic N) is 2. The Bertz CT molecular complexity index is 336. The third-order valence-electron chi connectivity index (χ3n) is 5.50. The van der Waals surface area contributed by atoms with Crippen LogP contribution >= 0.6 is 0 Å². The van der Waals surface area contributed by atoms with Gasteiger partial charge < -0.3 is 15.5 Å². The van der Waals surface area contributed by atoms with E-state index in [1.165, 1.54) is 77.8 Å². The van der Waals surface area contributed by atoms with Crippen LogP contribution in [0.3, 0.4) is 0 Å². The van der Waals surface area contributed by atoms with E-state index in [0.29, 0.717) is 11.3 Å². The third kappa shape index (κ3) is 3.73. The molecule has 4 heteroatoms. The molecule has 2 heterocycles. The molecule has 114 valence electrons. The molecule has 1 aliphatic carbocycles. The minimum Gasteiger partial charge on any atom is -0.388 e. The number of piperidine rings is 1. The Morgan fingerprint density at radius 1 is 1.05 bits per heavy atom. The lowest BCUT2D eigenvalue weighted by Gasteiger charge is -2.35. The molecule has 0 radical (unpaired) electrons. The SMILES string of the molecule is N=C(N)CC1(CN2CCC(CN3CCCC3)CC2)CC1. The van der Waals surface area contributed by atoms with E-state index < -0.39 is 0 Å². The predicted molar refractivity (Wildman–Crippen MR) is 83.0 cm³/mol. The highest BCUT2D eigenvalue weighted by atomic mass is 15.2. The monoisotopic (exact) mass is 278 g/mol. The van der Waals surface area contributed by atoms with Gasteiger partial charge in [0, 0.05) is 19.5 Å². The van der Waals surface area contributed by atoms with Crippen LogP contribution in [0.4, 0.5) is 0 Å². The zero-order valence-corrected chi connectivity index (χ0v) is 12.7. The van der Waals surface area contributed by atoms with Gasteiger partial charge in [-0.1, -0.05) is 0 Å². The zero-order chi connectivity index (χ0) is 14.0. The molecular formula is C16H30N4. The molecular weight excluding hydrogens is 248 g/mol. The summed E-state index contributed by atoms with van der Waals surface area (Å²) in [5, 5.41) is 7.52. The molecule has 0 amide bonds. The van der Waals surface area contributed by atoms with Gasteiger partial charge in [0.1, 0.15) is 0 Å². The summed E-state index contributed by atoms with van der Waals surface area (Å²) in [7, 11) is 0. The molecule has 0 unspecified atom stereocenters. The van der Waals surface area contributed by atoms with Crippen LogP contribution in [0.2, 0.25) is 0 Å². The van der Waals surface area contributed by atoms with Crippen molar-refractivity contribution in [3.05, 3.63) is 0 Å². The Kier molecular flexibility index (Phi) is 4.32. The summed E-state index contributed by atoms with van der Waals surface area (Å²) < 4.78 is 0. The maximum absolute atomic E-state index is 7.52. The lowest BCUT2D eigenvalue weighted by Crippen LogP contribution is -2.41. The lowest BCUT2D eigenvalue weighted by molar-refractivity contribution is 0.134. The number of nitrogens with one attached hydrogen (secondary N) is 1. The fourth-order valence-electron chi connectivity index (χ4n) is 4.10. The molecule has 3 rings (SSSR count). The van der Waals surface area contributed by atoms with Gasteiger partial charge in [-0.2, -0.15) is 0 Å². The molecule has 2 aliphatic heterocycles. The molecule has 1 saturated carbocycles. The number of nitrogens with two attached hydrogens (primary N) is 1. The van der Waals surface area contributed by atoms with Gasteiger partial charge in [-0.05, 0) is 76.0 Å². The summed E-state index contributed by atoms with van der Waals surface area (Å²) >= 11 is 0. The largest absolute Gasteiger partial charge is 0.388 e. The van der Waals surface area contributed by atoms with Crippen molar-refractivity contribution >= 4 is 5.84 Å². The Balaban J connectivity index is 1.39. The van der Waals surface area contributed by atoms with E-state index in [2.05, 4.69) is 9.80 Å². The highest BCUT2D eigenvalue weighted by Gasteiger charge is 2.44. The van der Waals surface area contributed by atoms with Crippen molar-refractivity contribution in [3.8, 4) is 0 Å². The summed E-state index contributed by atoms with van der Waals surface area (Å²) in [6, 6.07) is 0. The van der Waals surface area contributed by atoms with Gasteiger partial charge in [0.2, 0.25) is 0 Å². The normalized spacial score (nSPS) is 27.8. The number of hydrogen-bond donors (Lipinski definition) is 2. The fraction of sp³-hybridized carbons (Fsp3) is 0.938. The molecule has 4 nitrogen and oxygen atoms in total. The number of hydrogen-bond acceptors (Lipinski definition) is 3. The maximum atomic E-state index is 7.52. The van der Waals surface area contributed by atoms with Crippen molar-refractivity contribution in [2.24, 2.45) is 17.1 Å². The van der Waals surface area contributed by atoms with Crippen molar-refractivity contribution in [2.45, 2.75) is 44.9 Å². The average molecular weight is 278 g/mol. The summed E-state index contributed by atoms with van der Waals surface area (Å²) in [6.45, 7) is 7.72. The number of likely N-dealkylation sites (tertiary alicyclic amines) is 2. The highest BCUT2D eigenvalue weighted by Crippen LogP contribution is 2.49. The minimum absolute atomic E-state index is 0.381. The quantitative estimate of drug-likeness (QED) is 0.576. The fourth-order valence-corrected chi connectivity index (χ4v) is 4.10. The van der Waals surface area contributed by atoms with Crippen LogP contribution < -0.4 is 5.73 Å². The van der Waals surface area contributed by atoms with Gasteiger partial charge >= 0.3 is 0 Å². The molecule has 0 aromatic rings. The summed E-state index contributed by atoms with van der Waals surface area (Å²) in [6.07, 6.45) is 8.93. The van der Waals surface area contributed by atoms with Crippen molar-refractivity contribution < 1.29 is 0 Å². The van der Waals surface area contributed by atoms with E-state index >= 15 is 0 Å². The van der Waals surface area contributed by atoms with Crippen LogP contribution in [0.25, 0.3) is 0 Å². The molecule has 0 aromatic heterocycles. The van der Waals surface area contributed by atoms with E-state index in [1.807, 2.05) is 0 Å². The number of amidine groups is 1. The van der Waals surface area contributed by atoms with E-state index in [4.69, 9.17) is 11.1 Å². The molecule has 20 heavy (non-hydrogen) atoms. The number of rotatable bonds is 6. The van der Waals surface area contributed by atoms with Gasteiger partial charge in [-0.3, -0.25) is 5.41 Å². The van der Waals surface area contributed by atoms with Gasteiger partial charge in [-0.15, -0.1) is 0 Å². The Morgan fingerprint density at radius 2 is 1.70 bits per heavy atom. The summed E-state index contributed by atoms with van der Waals surface area (Å²) in [5.41, 5.74) is 5.98. The second-order valence-electron chi connectivity index (χ2n) is 7.43. The van der Waals surface area contributed by atoms with E-state index in [9.17, 15) is 0 Å². The first kappa shape index (κ1) is 14.3. The zero-order valence-electron chi connectivity index (χ0n) is 12.7. The molecule has 0 spiro atoms. The molecule has 2 saturated heterocycles. The van der Waals surface area contributed by atoms with E-state index in [1.54, 1.807) is 0 Å². The first-order chi connectivity index (χ1) is 9.65. The molecule has 0 bridgehead atoms. The average Bonchev–Trinajstić information content (AvgIpc) is 2.95. The van der Waals surface area contributed by atoms with Crippen molar-refractivity contribution in [2.75, 3.05) is 39.3 Å². The lowest BCUT2D eigenvalue weighted by atomic mass is 9.94. The Morgan fingerprint density at radius 3 is 2.25 bits per heavy atom. The van der Waals surface area contributed by atoms with Crippen LogP contribution in [0.1, 0.15) is 44.9 Å². The van der Waals surface area contributed by atoms with Crippen LogP contribution in [-0.4, -0.2) is 54.9 Å². The van der Waals surface area contributed by atoms with Crippen LogP contribution in [-0.2, 0) is 0 Å². The minimum atomic E-state index is 0.381. The molecule has 0 atom stereocenters. The van der Waals surface area contributed by atoms with Crippen LogP contribution in [0.15, 0.2) is 0 Å². The van der Waals surface area contributed by atoms with E-state index in [0.717, 1.165) is 12.3 Å². The van der Waals surface area contributed by atoms with E-state index in [-0.39, 0.29) is 0 Å². The standard InChI is InChI=1S/C16H30N4/c17-15(18)11-16(5-6-16)13-20-9-3-14(4-10-20)12-19-7-1-2-8-19/h14H,1-13H2,(H3,17,18). The van der Waals surface area contributed by atoms with Gasteiger partial charge in [0.15, 0.2) is 0 Å². The molecule has 0 aromatic carbocycles. The summed E-state index contributed by atoms with van der Waals surface area (Å²) in [4.78, 5) is 5.30. The second-order valence-corrected chi connectivity index (χ2v) is 7.43. The van der Waals surface area contributed by atoms with Crippen molar-refractivity contribution in [1.29, 1.82) is 5.41 Å². The first-order valence-corrected chi connectivity index (χ1v) is 8.43. The first-order valence-electron chi connectivity index (χ1n) is 8.43. The highest BCUT2D eigenvalue weighted by molar-refractivity contribution is 5.78. The van der Waals surface area contributed by atoms with Crippen LogP contribution in [0.5, 0.6) is 0 Å². The Hall–Kier alpha value is -0.610.